The topological polar surface area (TPSA) is 15.3 Å². The summed E-state index contributed by atoms with van der Waals surface area (Å²) in [5, 5.41) is 3.77. The fourth-order valence-electron chi connectivity index (χ4n) is 3.24. The van der Waals surface area contributed by atoms with E-state index in [-0.39, 0.29) is 0 Å². The largest absolute Gasteiger partial charge is 0.313 e. The summed E-state index contributed by atoms with van der Waals surface area (Å²) < 4.78 is 0. The number of nitrogens with zero attached hydrogens (tertiary/aromatic N) is 1. The summed E-state index contributed by atoms with van der Waals surface area (Å²) >= 11 is 0. The number of rotatable bonds is 6. The maximum Gasteiger partial charge on any atom is 0.0112 e. The van der Waals surface area contributed by atoms with Crippen LogP contribution in [0.3, 0.4) is 0 Å². The Kier molecular flexibility index (Phi) is 6.65. The highest BCUT2D eigenvalue weighted by atomic mass is 15.2. The van der Waals surface area contributed by atoms with Gasteiger partial charge in [0.05, 0.1) is 0 Å². The van der Waals surface area contributed by atoms with E-state index in [4.69, 9.17) is 0 Å². The van der Waals surface area contributed by atoms with Crippen LogP contribution < -0.4 is 5.32 Å². The van der Waals surface area contributed by atoms with Crippen LogP contribution in [0, 0.1) is 11.8 Å². The normalized spacial score (nSPS) is 29.5. The molecule has 0 spiro atoms. The zero-order chi connectivity index (χ0) is 13.7. The van der Waals surface area contributed by atoms with Crippen LogP contribution in [0.2, 0.25) is 0 Å². The predicted molar refractivity (Wildman–Crippen MR) is 80.9 cm³/mol. The molecule has 0 radical (unpaired) electrons. The van der Waals surface area contributed by atoms with Crippen molar-refractivity contribution in [2.45, 2.75) is 78.9 Å². The van der Waals surface area contributed by atoms with Gasteiger partial charge in [0.25, 0.3) is 0 Å². The van der Waals surface area contributed by atoms with E-state index in [0.717, 1.165) is 24.4 Å². The van der Waals surface area contributed by atoms with Crippen LogP contribution in [-0.2, 0) is 0 Å². The third kappa shape index (κ3) is 4.89. The maximum atomic E-state index is 3.77. The Bertz CT molecular complexity index is 217. The molecule has 1 aliphatic rings. The molecule has 108 valence electrons. The van der Waals surface area contributed by atoms with Gasteiger partial charge in [0, 0.05) is 31.2 Å². The van der Waals surface area contributed by atoms with Gasteiger partial charge < -0.3 is 5.32 Å². The van der Waals surface area contributed by atoms with Crippen molar-refractivity contribution in [1.82, 2.24) is 10.2 Å². The van der Waals surface area contributed by atoms with Crippen molar-refractivity contribution < 1.29 is 0 Å². The van der Waals surface area contributed by atoms with Crippen LogP contribution in [0.5, 0.6) is 0 Å². The minimum absolute atomic E-state index is 0.650. The first-order valence-corrected chi connectivity index (χ1v) is 7.91. The number of hydrogen-bond acceptors (Lipinski definition) is 2. The van der Waals surface area contributed by atoms with Gasteiger partial charge in [0.15, 0.2) is 0 Å². The first-order valence-electron chi connectivity index (χ1n) is 7.91. The van der Waals surface area contributed by atoms with Crippen molar-refractivity contribution in [1.29, 1.82) is 0 Å². The van der Waals surface area contributed by atoms with Gasteiger partial charge in [-0.05, 0) is 58.8 Å². The molecular weight excluding hydrogens is 220 g/mol. The van der Waals surface area contributed by atoms with Crippen LogP contribution in [-0.4, -0.2) is 36.1 Å². The Morgan fingerprint density at radius 1 is 1.00 bits per heavy atom. The van der Waals surface area contributed by atoms with E-state index >= 15 is 0 Å². The van der Waals surface area contributed by atoms with Gasteiger partial charge in [0.2, 0.25) is 0 Å². The summed E-state index contributed by atoms with van der Waals surface area (Å²) in [6, 6.07) is 2.06. The SMILES string of the molecule is CC1CCC(NCCN(C(C)C)C(C)C)CC1C. The smallest absolute Gasteiger partial charge is 0.0112 e. The van der Waals surface area contributed by atoms with E-state index in [9.17, 15) is 0 Å². The second kappa shape index (κ2) is 7.49. The molecule has 0 aromatic carbocycles. The third-order valence-corrected chi connectivity index (χ3v) is 4.73. The molecular formula is C16H34N2. The van der Waals surface area contributed by atoms with Gasteiger partial charge in [-0.15, -0.1) is 0 Å². The summed E-state index contributed by atoms with van der Waals surface area (Å²) in [7, 11) is 0. The Labute approximate surface area is 115 Å². The lowest BCUT2D eigenvalue weighted by Crippen LogP contribution is -2.44. The molecule has 1 rings (SSSR count). The minimum atomic E-state index is 0.650. The van der Waals surface area contributed by atoms with Gasteiger partial charge >= 0.3 is 0 Å². The van der Waals surface area contributed by atoms with E-state index < -0.39 is 0 Å². The van der Waals surface area contributed by atoms with Crippen molar-refractivity contribution in [2.75, 3.05) is 13.1 Å². The van der Waals surface area contributed by atoms with E-state index in [0.29, 0.717) is 12.1 Å². The molecule has 0 aliphatic heterocycles. The number of nitrogens with one attached hydrogen (secondary N) is 1. The average Bonchev–Trinajstić information content (AvgIpc) is 2.28. The summed E-state index contributed by atoms with van der Waals surface area (Å²) in [4.78, 5) is 2.57. The molecule has 1 saturated carbocycles. The molecule has 1 N–H and O–H groups in total. The lowest BCUT2D eigenvalue weighted by Gasteiger charge is -2.34. The van der Waals surface area contributed by atoms with Crippen LogP contribution in [0.25, 0.3) is 0 Å². The quantitative estimate of drug-likeness (QED) is 0.780. The van der Waals surface area contributed by atoms with Crippen LogP contribution >= 0.6 is 0 Å². The fraction of sp³-hybridized carbons (Fsp3) is 1.00. The van der Waals surface area contributed by atoms with Crippen LogP contribution in [0.4, 0.5) is 0 Å². The standard InChI is InChI=1S/C16H34N2/c1-12(2)18(13(3)4)10-9-17-16-8-7-14(5)15(6)11-16/h12-17H,7-11H2,1-6H3. The van der Waals surface area contributed by atoms with Gasteiger partial charge in [-0.25, -0.2) is 0 Å². The van der Waals surface area contributed by atoms with E-state index in [1.165, 1.54) is 25.8 Å². The third-order valence-electron chi connectivity index (χ3n) is 4.73. The highest BCUT2D eigenvalue weighted by Crippen LogP contribution is 2.29. The lowest BCUT2D eigenvalue weighted by molar-refractivity contribution is 0.165. The molecule has 3 atom stereocenters. The summed E-state index contributed by atoms with van der Waals surface area (Å²) in [6.45, 7) is 16.3. The van der Waals surface area contributed by atoms with Crippen molar-refractivity contribution in [3.63, 3.8) is 0 Å². The first kappa shape index (κ1) is 16.0. The van der Waals surface area contributed by atoms with E-state index in [2.05, 4.69) is 51.8 Å². The van der Waals surface area contributed by atoms with Crippen molar-refractivity contribution in [2.24, 2.45) is 11.8 Å². The Hall–Kier alpha value is -0.0800. The summed E-state index contributed by atoms with van der Waals surface area (Å²) in [5.74, 6) is 1.81. The molecule has 0 saturated heterocycles. The molecule has 18 heavy (non-hydrogen) atoms. The van der Waals surface area contributed by atoms with Gasteiger partial charge in [0.1, 0.15) is 0 Å². The molecule has 2 heteroatoms. The van der Waals surface area contributed by atoms with Crippen molar-refractivity contribution in [3.05, 3.63) is 0 Å². The van der Waals surface area contributed by atoms with E-state index in [1.54, 1.807) is 0 Å². The summed E-state index contributed by atoms with van der Waals surface area (Å²) in [6.07, 6.45) is 4.14. The lowest BCUT2D eigenvalue weighted by atomic mass is 9.79. The highest BCUT2D eigenvalue weighted by molar-refractivity contribution is 4.80. The second-order valence-corrected chi connectivity index (χ2v) is 6.84. The second-order valence-electron chi connectivity index (χ2n) is 6.84. The zero-order valence-electron chi connectivity index (χ0n) is 13.4. The average molecular weight is 254 g/mol. The molecule has 1 aliphatic carbocycles. The van der Waals surface area contributed by atoms with Crippen LogP contribution in [0.1, 0.15) is 60.8 Å². The molecule has 0 heterocycles. The molecule has 0 bridgehead atoms. The number of hydrogen-bond donors (Lipinski definition) is 1. The molecule has 1 fully saturated rings. The summed E-state index contributed by atoms with van der Waals surface area (Å²) in [5.41, 5.74) is 0. The Morgan fingerprint density at radius 2 is 1.61 bits per heavy atom. The molecule has 3 unspecified atom stereocenters. The predicted octanol–water partition coefficient (Wildman–Crippen LogP) is 3.52. The van der Waals surface area contributed by atoms with Gasteiger partial charge in [-0.3, -0.25) is 4.90 Å². The first-order chi connectivity index (χ1) is 8.41. The Balaban J connectivity index is 2.25. The molecule has 2 nitrogen and oxygen atoms in total. The highest BCUT2D eigenvalue weighted by Gasteiger charge is 2.24. The van der Waals surface area contributed by atoms with Crippen molar-refractivity contribution in [3.8, 4) is 0 Å². The van der Waals surface area contributed by atoms with E-state index in [1.807, 2.05) is 0 Å². The molecule has 0 aromatic heterocycles. The van der Waals surface area contributed by atoms with Gasteiger partial charge in [-0.1, -0.05) is 13.8 Å². The monoisotopic (exact) mass is 254 g/mol. The van der Waals surface area contributed by atoms with Gasteiger partial charge in [-0.2, -0.15) is 0 Å². The Morgan fingerprint density at radius 3 is 2.11 bits per heavy atom. The van der Waals surface area contributed by atoms with Crippen molar-refractivity contribution >= 4 is 0 Å². The van der Waals surface area contributed by atoms with Crippen LogP contribution in [0.15, 0.2) is 0 Å². The molecule has 0 aromatic rings. The fourth-order valence-corrected chi connectivity index (χ4v) is 3.24. The zero-order valence-corrected chi connectivity index (χ0v) is 13.4. The minimum Gasteiger partial charge on any atom is -0.313 e. The molecule has 0 amide bonds. The maximum absolute atomic E-state index is 3.77.